The van der Waals surface area contributed by atoms with E-state index in [4.69, 9.17) is 26.8 Å². The van der Waals surface area contributed by atoms with Crippen LogP contribution in [0.1, 0.15) is 104 Å². The van der Waals surface area contributed by atoms with Crippen LogP contribution in [-0.2, 0) is 22.2 Å². The number of aliphatic hydroxyl groups is 1. The van der Waals surface area contributed by atoms with Gasteiger partial charge in [0.2, 0.25) is 17.7 Å². The Hall–Kier alpha value is -6.28. The third kappa shape index (κ3) is 9.23. The molecule has 4 aromatic carbocycles. The molecular weight excluding hydrogens is 984 g/mol. The number of aryl methyl sites for hydroxylation is 1. The molecule has 0 radical (unpaired) electrons. The first-order chi connectivity index (χ1) is 35.6. The van der Waals surface area contributed by atoms with Crippen LogP contribution in [0.15, 0.2) is 54.6 Å². The summed E-state index contributed by atoms with van der Waals surface area (Å²) >= 11 is 6.71. The van der Waals surface area contributed by atoms with Gasteiger partial charge in [0.25, 0.3) is 0 Å². The van der Waals surface area contributed by atoms with Gasteiger partial charge in [-0.05, 0) is 94.1 Å². The molecule has 5 N–H and O–H groups in total. The summed E-state index contributed by atoms with van der Waals surface area (Å²) in [5.74, 6) is -5.57. The zero-order valence-electron chi connectivity index (χ0n) is 41.2. The Morgan fingerprint density at radius 3 is 2.30 bits per heavy atom. The number of amides is 5. The normalized spacial score (nSPS) is 23.0. The minimum absolute atomic E-state index is 0.0215. The molecule has 1 aromatic heterocycles. The van der Waals surface area contributed by atoms with Crippen molar-refractivity contribution in [2.24, 2.45) is 18.7 Å². The molecule has 10 rings (SSSR count). The van der Waals surface area contributed by atoms with E-state index in [0.29, 0.717) is 57.4 Å². The minimum Gasteiger partial charge on any atom is -0.488 e. The second kappa shape index (κ2) is 20.8. The number of piperidine rings is 2. The number of fused-ring (bicyclic) bond motifs is 2. The molecule has 4 fully saturated rings. The van der Waals surface area contributed by atoms with E-state index in [1.807, 2.05) is 42.2 Å². The molecule has 0 spiro atoms. The largest absolute Gasteiger partial charge is 0.488 e. The fraction of sp³-hybridized carbons (Fsp3) is 0.463. The summed E-state index contributed by atoms with van der Waals surface area (Å²) in [6.45, 7) is 4.15. The number of hydrogen-bond donors (Lipinski definition) is 4. The van der Waals surface area contributed by atoms with Gasteiger partial charge in [0, 0.05) is 91.9 Å². The lowest BCUT2D eigenvalue weighted by molar-refractivity contribution is -0.138. The number of halogens is 5. The van der Waals surface area contributed by atoms with Crippen LogP contribution >= 0.6 is 11.6 Å². The second-order valence-electron chi connectivity index (χ2n) is 20.3. The van der Waals surface area contributed by atoms with E-state index in [1.54, 1.807) is 7.05 Å². The number of urea groups is 1. The van der Waals surface area contributed by atoms with E-state index in [0.717, 1.165) is 31.2 Å². The Kier molecular flexibility index (Phi) is 14.4. The average molecular weight is 1040 g/mol. The molecular formula is C54H59ClF4N8O7. The van der Waals surface area contributed by atoms with Gasteiger partial charge < -0.3 is 35.4 Å². The van der Waals surface area contributed by atoms with Crippen molar-refractivity contribution in [2.45, 2.75) is 94.2 Å². The Balaban J connectivity index is 0.758. The topological polar surface area (TPSA) is 185 Å². The molecule has 0 bridgehead atoms. The van der Waals surface area contributed by atoms with Gasteiger partial charge in [-0.3, -0.25) is 29.3 Å². The molecule has 3 saturated heterocycles. The molecule has 2 atom stereocenters. The SMILES string of the molecule is CC1c2c(cc(F)c(Cl)c2-c2c(C(N)=O)ccc(OCCO)c2F)OC1(CNC1CCC(C(=O)N2CCC(N3CCC(c4c(F)cc5c(N6CCC(=O)NC6=O)nn(C)c5c4F)CC3)CC2)CC1)c1ccccc1. The summed E-state index contributed by atoms with van der Waals surface area (Å²) in [6, 6.07) is 14.0. The Morgan fingerprint density at radius 2 is 1.62 bits per heavy atom. The molecule has 1 saturated carbocycles. The summed E-state index contributed by atoms with van der Waals surface area (Å²) in [5.41, 5.74) is 5.28. The number of ether oxygens (including phenoxy) is 2. The summed E-state index contributed by atoms with van der Waals surface area (Å²) in [6.07, 6.45) is 5.58. The van der Waals surface area contributed by atoms with Crippen molar-refractivity contribution in [1.82, 2.24) is 30.2 Å². The number of carbonyl (C=O) groups excluding carboxylic acids is 4. The number of nitrogens with two attached hydrogens (primary N) is 1. The van der Waals surface area contributed by atoms with Crippen molar-refractivity contribution in [3.05, 3.63) is 105 Å². The van der Waals surface area contributed by atoms with Gasteiger partial charge in [-0.25, -0.2) is 22.4 Å². The number of anilines is 1. The first-order valence-corrected chi connectivity index (χ1v) is 25.8. The van der Waals surface area contributed by atoms with Crippen LogP contribution < -0.4 is 30.7 Å². The first-order valence-electron chi connectivity index (χ1n) is 25.4. The summed E-state index contributed by atoms with van der Waals surface area (Å²) in [7, 11) is 1.55. The molecule has 5 aromatic rings. The molecule has 5 heterocycles. The standard InChI is InChI=1S/C54H59ClF4N8O7/c1-29-42-40(27-38(57)46(55)45(42)44-35(50(60)70)12-13-39(47(44)58)73-25-24-68)74-54(29,32-6-4-3-5-7-32)28-61-33-10-8-31(9-11-33)52(71)66-21-16-34(17-22-66)65-19-14-30(15-20-65)43-37(56)26-36-49(48(43)59)64(2)63-51(36)67-23-18-41(69)62-53(67)72/h3-7,12-13,26-27,29-31,33-34,61,68H,8-11,14-25,28H2,1-2H3,(H2,60,70)(H,62,69,72). The molecule has 2 unspecified atom stereocenters. The van der Waals surface area contributed by atoms with E-state index >= 15 is 17.6 Å². The number of benzene rings is 4. The highest BCUT2D eigenvalue weighted by molar-refractivity contribution is 6.34. The molecule has 1 aliphatic carbocycles. The number of carbonyl (C=O) groups is 4. The number of nitrogens with zero attached hydrogens (tertiary/aromatic N) is 5. The summed E-state index contributed by atoms with van der Waals surface area (Å²) in [5, 5.41) is 19.4. The summed E-state index contributed by atoms with van der Waals surface area (Å²) < 4.78 is 78.1. The zero-order valence-corrected chi connectivity index (χ0v) is 42.0. The number of aliphatic hydroxyl groups excluding tert-OH is 1. The predicted octanol–water partition coefficient (Wildman–Crippen LogP) is 7.78. The monoisotopic (exact) mass is 1040 g/mol. The number of rotatable bonds is 13. The lowest BCUT2D eigenvalue weighted by atomic mass is 9.77. The number of primary amides is 1. The van der Waals surface area contributed by atoms with Crippen LogP contribution in [0.4, 0.5) is 28.2 Å². The number of likely N-dealkylation sites (tertiary alicyclic amines) is 2. The van der Waals surface area contributed by atoms with Crippen LogP contribution in [0, 0.1) is 29.2 Å². The van der Waals surface area contributed by atoms with Gasteiger partial charge in [0.05, 0.1) is 22.6 Å². The van der Waals surface area contributed by atoms with E-state index in [-0.39, 0.29) is 106 Å². The molecule has 392 valence electrons. The van der Waals surface area contributed by atoms with Crippen molar-refractivity contribution in [3.63, 3.8) is 0 Å². The lowest BCUT2D eigenvalue weighted by Gasteiger charge is -2.43. The number of nitrogens with one attached hydrogen (secondary N) is 2. The van der Waals surface area contributed by atoms with Gasteiger partial charge in [-0.1, -0.05) is 48.9 Å². The zero-order chi connectivity index (χ0) is 52.2. The van der Waals surface area contributed by atoms with E-state index in [9.17, 15) is 24.3 Å². The fourth-order valence-corrected chi connectivity index (χ4v) is 12.5. The van der Waals surface area contributed by atoms with Gasteiger partial charge >= 0.3 is 6.03 Å². The van der Waals surface area contributed by atoms with Crippen LogP contribution in [0.5, 0.6) is 11.5 Å². The predicted molar refractivity (Wildman–Crippen MR) is 268 cm³/mol. The maximum atomic E-state index is 16.5. The number of imide groups is 1. The highest BCUT2D eigenvalue weighted by atomic mass is 35.5. The minimum atomic E-state index is -1.14. The van der Waals surface area contributed by atoms with Crippen molar-refractivity contribution >= 4 is 52.1 Å². The maximum Gasteiger partial charge on any atom is 0.329 e. The van der Waals surface area contributed by atoms with E-state index in [1.165, 1.54) is 33.8 Å². The lowest BCUT2D eigenvalue weighted by Crippen LogP contribution is -2.51. The fourth-order valence-electron chi connectivity index (χ4n) is 12.3. The molecule has 4 aliphatic heterocycles. The number of aromatic nitrogens is 2. The van der Waals surface area contributed by atoms with Gasteiger partial charge in [-0.2, -0.15) is 5.10 Å². The Bertz CT molecular complexity index is 3010. The van der Waals surface area contributed by atoms with Crippen molar-refractivity contribution in [1.29, 1.82) is 0 Å². The van der Waals surface area contributed by atoms with Crippen molar-refractivity contribution in [2.75, 3.05) is 57.4 Å². The second-order valence-corrected chi connectivity index (χ2v) is 20.6. The van der Waals surface area contributed by atoms with Crippen LogP contribution in [0.25, 0.3) is 22.0 Å². The van der Waals surface area contributed by atoms with Gasteiger partial charge in [0.15, 0.2) is 28.8 Å². The molecule has 15 nitrogen and oxygen atoms in total. The smallest absolute Gasteiger partial charge is 0.329 e. The average Bonchev–Trinajstić information content (AvgIpc) is 3.88. The Labute approximate surface area is 430 Å². The number of hydrogen-bond acceptors (Lipinski definition) is 10. The molecule has 74 heavy (non-hydrogen) atoms. The van der Waals surface area contributed by atoms with Crippen molar-refractivity contribution in [3.8, 4) is 22.6 Å². The van der Waals surface area contributed by atoms with E-state index < -0.39 is 64.3 Å². The Morgan fingerprint density at radius 1 is 0.905 bits per heavy atom. The van der Waals surface area contributed by atoms with Gasteiger partial charge in [0.1, 0.15) is 29.5 Å². The maximum absolute atomic E-state index is 16.5. The highest BCUT2D eigenvalue weighted by Gasteiger charge is 2.50. The third-order valence-corrected chi connectivity index (χ3v) is 16.6. The van der Waals surface area contributed by atoms with Crippen LogP contribution in [-0.4, -0.2) is 113 Å². The molecule has 5 aliphatic rings. The van der Waals surface area contributed by atoms with Crippen molar-refractivity contribution < 1.29 is 51.3 Å². The molecule has 5 amide bonds. The third-order valence-electron chi connectivity index (χ3n) is 16.2. The van der Waals surface area contributed by atoms with E-state index in [2.05, 4.69) is 20.6 Å². The van der Waals surface area contributed by atoms with Gasteiger partial charge in [-0.15, -0.1) is 0 Å². The highest BCUT2D eigenvalue weighted by Crippen LogP contribution is 2.57. The summed E-state index contributed by atoms with van der Waals surface area (Å²) in [4.78, 5) is 56.7. The van der Waals surface area contributed by atoms with Crippen LogP contribution in [0.2, 0.25) is 5.02 Å². The molecule has 20 heteroatoms. The quantitative estimate of drug-likeness (QED) is 0.0850. The van der Waals surface area contributed by atoms with Crippen LogP contribution in [0.3, 0.4) is 0 Å². The first kappa shape index (κ1) is 51.2.